The van der Waals surface area contributed by atoms with E-state index < -0.39 is 15.3 Å². The summed E-state index contributed by atoms with van der Waals surface area (Å²) in [6.45, 7) is 0. The van der Waals surface area contributed by atoms with E-state index in [0.29, 0.717) is 9.79 Å². The van der Waals surface area contributed by atoms with Gasteiger partial charge in [-0.1, -0.05) is 170 Å². The van der Waals surface area contributed by atoms with Gasteiger partial charge in [0.15, 0.2) is 0 Å². The van der Waals surface area contributed by atoms with Crippen LogP contribution in [-0.2, 0) is 15.3 Å². The molecule has 1 unspecified atom stereocenters. The fraction of sp³-hybridized carbons (Fsp3) is 0.0182. The highest BCUT2D eigenvalue weighted by Gasteiger charge is 2.47. The van der Waals surface area contributed by atoms with Gasteiger partial charge in [0.05, 0.1) is 15.2 Å². The van der Waals surface area contributed by atoms with Gasteiger partial charge in [-0.15, -0.1) is 0 Å². The zero-order chi connectivity index (χ0) is 39.6. The van der Waals surface area contributed by atoms with Gasteiger partial charge in [0.2, 0.25) is 9.84 Å². The molecule has 0 aromatic heterocycles. The molecule has 0 saturated carbocycles. The molecule has 0 fully saturated rings. The van der Waals surface area contributed by atoms with Crippen LogP contribution in [0.2, 0.25) is 0 Å². The van der Waals surface area contributed by atoms with Crippen LogP contribution in [0.25, 0.3) is 44.5 Å². The van der Waals surface area contributed by atoms with Crippen molar-refractivity contribution in [3.05, 3.63) is 247 Å². The molecule has 0 amide bonds. The monoisotopic (exact) mass is 775 g/mol. The first kappa shape index (κ1) is 34.9. The third kappa shape index (κ3) is 5.45. The van der Waals surface area contributed by atoms with Gasteiger partial charge in [-0.25, -0.2) is 8.42 Å². The average molecular weight is 776 g/mol. The first-order valence-corrected chi connectivity index (χ1v) is 21.4. The molecule has 11 rings (SSSR count). The van der Waals surface area contributed by atoms with E-state index in [1.807, 2.05) is 36.4 Å². The standard InChI is InChI=1S/C55H37NO2S/c57-59(58)53-23-13-11-21-49(53)50-36-43(28-35-54(50)59)55(42-18-8-3-9-19-42)51-22-12-10-20-47(51)48-34-33-46(37-52(48)55)56(44-29-24-40(25-30-44)38-14-4-1-5-15-38)45-31-26-41(27-32-45)39-16-6-2-7-17-39/h1-37H. The molecule has 280 valence electrons. The van der Waals surface area contributed by atoms with Crippen molar-refractivity contribution >= 4 is 26.9 Å². The molecule has 4 heteroatoms. The van der Waals surface area contributed by atoms with Crippen molar-refractivity contribution in [3.8, 4) is 44.5 Å². The molecule has 59 heavy (non-hydrogen) atoms. The largest absolute Gasteiger partial charge is 0.310 e. The Labute approximate surface area is 345 Å². The molecule has 1 atom stereocenters. The van der Waals surface area contributed by atoms with Crippen LogP contribution in [0.3, 0.4) is 0 Å². The molecule has 1 aliphatic heterocycles. The summed E-state index contributed by atoms with van der Waals surface area (Å²) in [5.74, 6) is 0. The lowest BCUT2D eigenvalue weighted by Gasteiger charge is -2.35. The Balaban J connectivity index is 1.14. The number of hydrogen-bond acceptors (Lipinski definition) is 3. The lowest BCUT2D eigenvalue weighted by Crippen LogP contribution is -2.29. The molecule has 3 nitrogen and oxygen atoms in total. The summed E-state index contributed by atoms with van der Waals surface area (Å²) in [4.78, 5) is 3.06. The minimum absolute atomic E-state index is 0.356. The molecular formula is C55H37NO2S. The third-order valence-electron chi connectivity index (χ3n) is 12.1. The number of rotatable bonds is 7. The minimum atomic E-state index is -3.64. The Morgan fingerprint density at radius 2 is 0.797 bits per heavy atom. The predicted octanol–water partition coefficient (Wildman–Crippen LogP) is 13.7. The summed E-state index contributed by atoms with van der Waals surface area (Å²) in [5, 5.41) is 0. The first-order chi connectivity index (χ1) is 29.0. The van der Waals surface area contributed by atoms with E-state index in [1.165, 1.54) is 16.7 Å². The lowest BCUT2D eigenvalue weighted by atomic mass is 9.67. The molecular weight excluding hydrogens is 739 g/mol. The molecule has 0 spiro atoms. The number of nitrogens with zero attached hydrogens (tertiary/aromatic N) is 1. The smallest absolute Gasteiger partial charge is 0.207 e. The quantitative estimate of drug-likeness (QED) is 0.162. The van der Waals surface area contributed by atoms with Gasteiger partial charge in [0, 0.05) is 28.2 Å². The summed E-state index contributed by atoms with van der Waals surface area (Å²) in [6.07, 6.45) is 0. The van der Waals surface area contributed by atoms with Crippen LogP contribution in [0.15, 0.2) is 234 Å². The van der Waals surface area contributed by atoms with Gasteiger partial charge in [0.1, 0.15) is 0 Å². The average Bonchev–Trinajstić information content (AvgIpc) is 3.73. The maximum absolute atomic E-state index is 13.8. The van der Waals surface area contributed by atoms with E-state index in [2.05, 4.69) is 181 Å². The van der Waals surface area contributed by atoms with Crippen LogP contribution in [0, 0.1) is 0 Å². The van der Waals surface area contributed by atoms with E-state index >= 15 is 0 Å². The lowest BCUT2D eigenvalue weighted by molar-refractivity contribution is 0.598. The topological polar surface area (TPSA) is 37.4 Å². The Hall–Kier alpha value is -7.27. The van der Waals surface area contributed by atoms with Gasteiger partial charge in [-0.2, -0.15) is 0 Å². The highest BCUT2D eigenvalue weighted by Crippen LogP contribution is 2.58. The number of benzene rings is 9. The van der Waals surface area contributed by atoms with Crippen molar-refractivity contribution in [2.75, 3.05) is 4.90 Å². The summed E-state index contributed by atoms with van der Waals surface area (Å²) < 4.78 is 27.7. The van der Waals surface area contributed by atoms with Gasteiger partial charge >= 0.3 is 0 Å². The maximum atomic E-state index is 13.8. The Kier molecular flexibility index (Phi) is 8.11. The second-order valence-electron chi connectivity index (χ2n) is 15.3. The number of fused-ring (bicyclic) bond motifs is 6. The van der Waals surface area contributed by atoms with Crippen molar-refractivity contribution in [2.24, 2.45) is 0 Å². The van der Waals surface area contributed by atoms with Gasteiger partial charge in [0.25, 0.3) is 0 Å². The molecule has 1 heterocycles. The van der Waals surface area contributed by atoms with Gasteiger partial charge in [-0.3, -0.25) is 0 Å². The maximum Gasteiger partial charge on any atom is 0.207 e. The highest BCUT2D eigenvalue weighted by molar-refractivity contribution is 7.92. The SMILES string of the molecule is O=S1(=O)c2ccccc2-c2cc(C3(c4ccccc4)c4ccccc4-c4ccc(N(c5ccc(-c6ccccc6)cc5)c5ccc(-c6ccccc6)cc5)cc43)ccc21. The van der Waals surface area contributed by atoms with Crippen LogP contribution in [0.5, 0.6) is 0 Å². The van der Waals surface area contributed by atoms with Crippen molar-refractivity contribution in [1.82, 2.24) is 0 Å². The molecule has 1 aliphatic carbocycles. The fourth-order valence-electron chi connectivity index (χ4n) is 9.45. The van der Waals surface area contributed by atoms with Crippen LogP contribution >= 0.6 is 0 Å². The summed E-state index contributed by atoms with van der Waals surface area (Å²) in [7, 11) is -3.64. The number of anilines is 3. The summed E-state index contributed by atoms with van der Waals surface area (Å²) >= 11 is 0. The number of hydrogen-bond donors (Lipinski definition) is 0. The van der Waals surface area contributed by atoms with Crippen molar-refractivity contribution in [2.45, 2.75) is 15.2 Å². The van der Waals surface area contributed by atoms with E-state index in [1.54, 1.807) is 12.1 Å². The molecule has 0 N–H and O–H groups in total. The van der Waals surface area contributed by atoms with Crippen molar-refractivity contribution in [3.63, 3.8) is 0 Å². The van der Waals surface area contributed by atoms with Crippen LogP contribution < -0.4 is 4.90 Å². The first-order valence-electron chi connectivity index (χ1n) is 19.9. The molecule has 2 aliphatic rings. The minimum Gasteiger partial charge on any atom is -0.310 e. The normalized spacial score (nSPS) is 15.5. The second kappa shape index (κ2) is 13.7. The zero-order valence-corrected chi connectivity index (χ0v) is 32.9. The summed E-state index contributed by atoms with van der Waals surface area (Å²) in [5.41, 5.74) is 15.2. The van der Waals surface area contributed by atoms with Crippen LogP contribution in [0.1, 0.15) is 22.3 Å². The molecule has 0 radical (unpaired) electrons. The molecule has 0 saturated heterocycles. The fourth-order valence-corrected chi connectivity index (χ4v) is 11.1. The Morgan fingerprint density at radius 1 is 0.322 bits per heavy atom. The van der Waals surface area contributed by atoms with E-state index in [-0.39, 0.29) is 0 Å². The van der Waals surface area contributed by atoms with Crippen molar-refractivity contribution < 1.29 is 8.42 Å². The second-order valence-corrected chi connectivity index (χ2v) is 17.1. The van der Waals surface area contributed by atoms with Crippen LogP contribution in [-0.4, -0.2) is 8.42 Å². The van der Waals surface area contributed by atoms with Crippen LogP contribution in [0.4, 0.5) is 17.1 Å². The molecule has 9 aromatic carbocycles. The number of sulfone groups is 1. The van der Waals surface area contributed by atoms with E-state index in [9.17, 15) is 8.42 Å². The van der Waals surface area contributed by atoms with Gasteiger partial charge < -0.3 is 4.90 Å². The molecule has 0 bridgehead atoms. The predicted molar refractivity (Wildman–Crippen MR) is 240 cm³/mol. The highest BCUT2D eigenvalue weighted by atomic mass is 32.2. The Morgan fingerprint density at radius 3 is 1.42 bits per heavy atom. The van der Waals surface area contributed by atoms with Gasteiger partial charge in [-0.05, 0) is 110 Å². The molecule has 9 aromatic rings. The van der Waals surface area contributed by atoms with E-state index in [4.69, 9.17) is 0 Å². The zero-order valence-electron chi connectivity index (χ0n) is 32.0. The summed E-state index contributed by atoms with van der Waals surface area (Å²) in [6, 6.07) is 78.1. The van der Waals surface area contributed by atoms with E-state index in [0.717, 1.165) is 67.1 Å². The third-order valence-corrected chi connectivity index (χ3v) is 14.0. The van der Waals surface area contributed by atoms with Crippen molar-refractivity contribution in [1.29, 1.82) is 0 Å². The Bertz CT molecular complexity index is 3060.